The summed E-state index contributed by atoms with van der Waals surface area (Å²) in [5, 5.41) is 9.37. The maximum atomic E-state index is 4.58. The van der Waals surface area contributed by atoms with Crippen molar-refractivity contribution in [3.05, 3.63) is 47.3 Å². The molecule has 1 aromatic carbocycles. The molecule has 0 fully saturated rings. The van der Waals surface area contributed by atoms with Crippen LogP contribution in [0.2, 0.25) is 0 Å². The lowest BCUT2D eigenvalue weighted by molar-refractivity contribution is 1.09. The molecule has 0 spiro atoms. The zero-order valence-electron chi connectivity index (χ0n) is 10.1. The fraction of sp³-hybridized carbons (Fsp3) is 0.143. The molecule has 0 saturated carbocycles. The summed E-state index contributed by atoms with van der Waals surface area (Å²) < 4.78 is 0. The second kappa shape index (κ2) is 4.74. The highest BCUT2D eigenvalue weighted by atomic mass is 32.1. The van der Waals surface area contributed by atoms with Crippen molar-refractivity contribution in [1.82, 2.24) is 15.2 Å². The Labute approximate surface area is 110 Å². The van der Waals surface area contributed by atoms with Gasteiger partial charge in [-0.1, -0.05) is 37.3 Å². The van der Waals surface area contributed by atoms with Gasteiger partial charge < -0.3 is 0 Å². The smallest absolute Gasteiger partial charge is 0.181 e. The summed E-state index contributed by atoms with van der Waals surface area (Å²) in [7, 11) is 0. The molecule has 18 heavy (non-hydrogen) atoms. The fourth-order valence-electron chi connectivity index (χ4n) is 1.95. The highest BCUT2D eigenvalue weighted by Crippen LogP contribution is 2.25. The maximum Gasteiger partial charge on any atom is 0.181 e. The predicted octanol–water partition coefficient (Wildman–Crippen LogP) is 3.76. The van der Waals surface area contributed by atoms with Crippen LogP contribution in [0.25, 0.3) is 22.1 Å². The first-order valence-electron chi connectivity index (χ1n) is 5.93. The average Bonchev–Trinajstić information content (AvgIpc) is 3.09. The molecule has 90 valence electrons. The molecule has 1 N–H and O–H groups in total. The Morgan fingerprint density at radius 1 is 1.17 bits per heavy atom. The molecule has 4 heteroatoms. The largest absolute Gasteiger partial charge is 0.258 e. The predicted molar refractivity (Wildman–Crippen MR) is 74.5 cm³/mol. The monoisotopic (exact) mass is 255 g/mol. The van der Waals surface area contributed by atoms with Crippen molar-refractivity contribution in [2.24, 2.45) is 0 Å². The van der Waals surface area contributed by atoms with E-state index < -0.39 is 0 Å². The Hall–Kier alpha value is -1.94. The van der Waals surface area contributed by atoms with Gasteiger partial charge in [0.25, 0.3) is 0 Å². The van der Waals surface area contributed by atoms with Crippen molar-refractivity contribution in [3.8, 4) is 22.1 Å². The second-order valence-corrected chi connectivity index (χ2v) is 4.94. The van der Waals surface area contributed by atoms with Gasteiger partial charge in [-0.05, 0) is 23.4 Å². The Morgan fingerprint density at radius 3 is 2.83 bits per heavy atom. The summed E-state index contributed by atoms with van der Waals surface area (Å²) in [4.78, 5) is 5.69. The van der Waals surface area contributed by atoms with Gasteiger partial charge in [0.05, 0.1) is 4.88 Å². The molecule has 0 radical (unpaired) electrons. The SMILES string of the molecule is CCc1ccccc1-c1n[nH]c(-c2cccs2)n1. The normalized spacial score (nSPS) is 10.7. The van der Waals surface area contributed by atoms with Crippen molar-refractivity contribution in [2.45, 2.75) is 13.3 Å². The van der Waals surface area contributed by atoms with Gasteiger partial charge >= 0.3 is 0 Å². The molecule has 3 nitrogen and oxygen atoms in total. The first-order valence-corrected chi connectivity index (χ1v) is 6.81. The molecule has 0 aliphatic rings. The highest BCUT2D eigenvalue weighted by molar-refractivity contribution is 7.13. The number of aromatic amines is 1. The number of rotatable bonds is 3. The van der Waals surface area contributed by atoms with Gasteiger partial charge in [0.2, 0.25) is 0 Å². The van der Waals surface area contributed by atoms with Gasteiger partial charge in [-0.3, -0.25) is 5.10 Å². The molecule has 0 aliphatic carbocycles. The van der Waals surface area contributed by atoms with Crippen molar-refractivity contribution >= 4 is 11.3 Å². The van der Waals surface area contributed by atoms with Crippen molar-refractivity contribution in [3.63, 3.8) is 0 Å². The number of thiophene rings is 1. The summed E-state index contributed by atoms with van der Waals surface area (Å²) in [6, 6.07) is 12.3. The van der Waals surface area contributed by atoms with Crippen molar-refractivity contribution < 1.29 is 0 Å². The topological polar surface area (TPSA) is 41.6 Å². The zero-order valence-corrected chi connectivity index (χ0v) is 10.9. The Kier molecular flexibility index (Phi) is 2.94. The van der Waals surface area contributed by atoms with Gasteiger partial charge in [-0.15, -0.1) is 11.3 Å². The Balaban J connectivity index is 2.03. The van der Waals surface area contributed by atoms with Crippen molar-refractivity contribution in [1.29, 1.82) is 0 Å². The van der Waals surface area contributed by atoms with Gasteiger partial charge in [0.15, 0.2) is 11.6 Å². The van der Waals surface area contributed by atoms with Crippen LogP contribution < -0.4 is 0 Å². The maximum absolute atomic E-state index is 4.58. The minimum Gasteiger partial charge on any atom is -0.258 e. The van der Waals surface area contributed by atoms with E-state index in [4.69, 9.17) is 0 Å². The molecule has 3 aromatic rings. The zero-order chi connectivity index (χ0) is 12.4. The van der Waals surface area contributed by atoms with Crippen LogP contribution in [-0.2, 0) is 6.42 Å². The van der Waals surface area contributed by atoms with Crippen molar-refractivity contribution in [2.75, 3.05) is 0 Å². The first-order chi connectivity index (χ1) is 8.88. The number of aromatic nitrogens is 3. The number of hydrogen-bond donors (Lipinski definition) is 1. The number of H-pyrrole nitrogens is 1. The molecule has 0 unspecified atom stereocenters. The molecule has 2 aromatic heterocycles. The van der Waals surface area contributed by atoms with Crippen LogP contribution in [0.4, 0.5) is 0 Å². The van der Waals surface area contributed by atoms with E-state index in [0.29, 0.717) is 0 Å². The number of benzene rings is 1. The number of nitrogens with zero attached hydrogens (tertiary/aromatic N) is 2. The van der Waals surface area contributed by atoms with Gasteiger partial charge in [-0.25, -0.2) is 4.98 Å². The van der Waals surface area contributed by atoms with Crippen LogP contribution in [0.3, 0.4) is 0 Å². The average molecular weight is 255 g/mol. The molecule has 0 aliphatic heterocycles. The van der Waals surface area contributed by atoms with E-state index in [0.717, 1.165) is 28.5 Å². The molecule has 0 saturated heterocycles. The fourth-order valence-corrected chi connectivity index (χ4v) is 2.62. The summed E-state index contributed by atoms with van der Waals surface area (Å²) in [6.45, 7) is 2.14. The summed E-state index contributed by atoms with van der Waals surface area (Å²) in [5.74, 6) is 1.61. The minimum atomic E-state index is 0.774. The minimum absolute atomic E-state index is 0.774. The van der Waals surface area contributed by atoms with Crippen LogP contribution in [0.1, 0.15) is 12.5 Å². The molecule has 3 rings (SSSR count). The van der Waals surface area contributed by atoms with E-state index >= 15 is 0 Å². The van der Waals surface area contributed by atoms with E-state index in [1.807, 2.05) is 23.6 Å². The molecule has 0 amide bonds. The number of hydrogen-bond acceptors (Lipinski definition) is 3. The van der Waals surface area contributed by atoms with Crippen LogP contribution >= 0.6 is 11.3 Å². The lowest BCUT2D eigenvalue weighted by Crippen LogP contribution is -1.88. The van der Waals surface area contributed by atoms with Gasteiger partial charge in [-0.2, -0.15) is 5.10 Å². The number of nitrogens with one attached hydrogen (secondary N) is 1. The molecule has 0 bridgehead atoms. The Bertz CT molecular complexity index is 641. The molecular formula is C14H13N3S. The summed E-state index contributed by atoms with van der Waals surface area (Å²) >= 11 is 1.66. The third kappa shape index (κ3) is 1.95. The van der Waals surface area contributed by atoms with Gasteiger partial charge in [0, 0.05) is 5.56 Å². The third-order valence-corrected chi connectivity index (χ3v) is 3.76. The summed E-state index contributed by atoms with van der Waals surface area (Å²) in [6.07, 6.45) is 0.985. The van der Waals surface area contributed by atoms with Crippen LogP contribution in [0, 0.1) is 0 Å². The van der Waals surface area contributed by atoms with E-state index in [1.54, 1.807) is 11.3 Å². The van der Waals surface area contributed by atoms with Crippen LogP contribution in [0.15, 0.2) is 41.8 Å². The quantitative estimate of drug-likeness (QED) is 0.774. The summed E-state index contributed by atoms with van der Waals surface area (Å²) in [5.41, 5.74) is 2.38. The van der Waals surface area contributed by atoms with E-state index in [1.165, 1.54) is 5.56 Å². The highest BCUT2D eigenvalue weighted by Gasteiger charge is 2.10. The Morgan fingerprint density at radius 2 is 2.06 bits per heavy atom. The lowest BCUT2D eigenvalue weighted by Gasteiger charge is -2.02. The standard InChI is InChI=1S/C14H13N3S/c1-2-10-6-3-4-7-11(10)13-15-14(17-16-13)12-8-5-9-18-12/h3-9H,2H2,1H3,(H,15,16,17). The van der Waals surface area contributed by atoms with Gasteiger partial charge in [0.1, 0.15) is 0 Å². The second-order valence-electron chi connectivity index (χ2n) is 4.00. The number of aryl methyl sites for hydroxylation is 1. The first kappa shape index (κ1) is 11.2. The van der Waals surface area contributed by atoms with E-state index in [2.05, 4.69) is 40.3 Å². The van der Waals surface area contributed by atoms with Crippen LogP contribution in [0.5, 0.6) is 0 Å². The third-order valence-electron chi connectivity index (χ3n) is 2.88. The lowest BCUT2D eigenvalue weighted by atomic mass is 10.1. The van der Waals surface area contributed by atoms with E-state index in [9.17, 15) is 0 Å². The molecule has 2 heterocycles. The molecular weight excluding hydrogens is 242 g/mol. The van der Waals surface area contributed by atoms with E-state index in [-0.39, 0.29) is 0 Å². The van der Waals surface area contributed by atoms with Crippen LogP contribution in [-0.4, -0.2) is 15.2 Å². The molecule has 0 atom stereocenters.